The second kappa shape index (κ2) is 6.07. The van der Waals surface area contributed by atoms with Gasteiger partial charge in [0.25, 0.3) is 5.91 Å². The molecule has 0 bridgehead atoms. The number of ether oxygens (including phenoxy) is 1. The molecule has 0 aliphatic rings. The monoisotopic (exact) mass is 224 g/mol. The molecule has 0 atom stereocenters. The summed E-state index contributed by atoms with van der Waals surface area (Å²) < 4.78 is 4.91. The summed E-state index contributed by atoms with van der Waals surface area (Å²) in [6.07, 6.45) is 1.47. The lowest BCUT2D eigenvalue weighted by Gasteiger charge is -2.19. The number of aliphatic hydroxyl groups excluding tert-OH is 1. The summed E-state index contributed by atoms with van der Waals surface area (Å²) >= 11 is 0. The average Bonchev–Trinajstić information content (AvgIpc) is 2.35. The van der Waals surface area contributed by atoms with Crippen LogP contribution in [-0.4, -0.2) is 47.7 Å². The molecule has 1 rings (SSSR count). The van der Waals surface area contributed by atoms with Gasteiger partial charge in [0.15, 0.2) is 0 Å². The van der Waals surface area contributed by atoms with E-state index >= 15 is 0 Å². The number of carbonyl (C=O) groups is 1. The van der Waals surface area contributed by atoms with Crippen molar-refractivity contribution in [2.24, 2.45) is 0 Å². The van der Waals surface area contributed by atoms with Crippen LogP contribution in [0.25, 0.3) is 0 Å². The van der Waals surface area contributed by atoms with Crippen molar-refractivity contribution in [2.75, 3.05) is 26.8 Å². The quantitative estimate of drug-likeness (QED) is 0.793. The first-order chi connectivity index (χ1) is 7.72. The minimum absolute atomic E-state index is 0.0385. The van der Waals surface area contributed by atoms with E-state index in [0.717, 1.165) is 0 Å². The maximum atomic E-state index is 11.9. The SMILES string of the molecule is CCN(CCO)C(=O)c1ccc(OC)nc1. The maximum Gasteiger partial charge on any atom is 0.255 e. The molecular weight excluding hydrogens is 208 g/mol. The number of nitrogens with zero attached hydrogens (tertiary/aromatic N) is 2. The van der Waals surface area contributed by atoms with Gasteiger partial charge < -0.3 is 14.7 Å². The normalized spacial score (nSPS) is 9.94. The molecule has 0 fully saturated rings. The maximum absolute atomic E-state index is 11.9. The van der Waals surface area contributed by atoms with E-state index in [1.165, 1.54) is 13.3 Å². The van der Waals surface area contributed by atoms with Crippen LogP contribution >= 0.6 is 0 Å². The van der Waals surface area contributed by atoms with E-state index in [9.17, 15) is 4.79 Å². The highest BCUT2D eigenvalue weighted by atomic mass is 16.5. The summed E-state index contributed by atoms with van der Waals surface area (Å²) in [6.45, 7) is 2.72. The molecular formula is C11H16N2O3. The summed E-state index contributed by atoms with van der Waals surface area (Å²) in [5.74, 6) is 0.341. The van der Waals surface area contributed by atoms with Crippen LogP contribution in [0.3, 0.4) is 0 Å². The second-order valence-electron chi connectivity index (χ2n) is 3.20. The number of carbonyl (C=O) groups excluding carboxylic acids is 1. The fourth-order valence-electron chi connectivity index (χ4n) is 1.33. The summed E-state index contributed by atoms with van der Waals surface area (Å²) in [5, 5.41) is 8.82. The van der Waals surface area contributed by atoms with E-state index in [2.05, 4.69) is 4.98 Å². The Morgan fingerprint density at radius 3 is 2.75 bits per heavy atom. The number of aromatic nitrogens is 1. The highest BCUT2D eigenvalue weighted by Gasteiger charge is 2.13. The Kier molecular flexibility index (Phi) is 4.72. The smallest absolute Gasteiger partial charge is 0.255 e. The van der Waals surface area contributed by atoms with Gasteiger partial charge in [0.05, 0.1) is 19.3 Å². The summed E-state index contributed by atoms with van der Waals surface area (Å²) in [6, 6.07) is 3.30. The van der Waals surface area contributed by atoms with Gasteiger partial charge in [-0.3, -0.25) is 4.79 Å². The number of rotatable bonds is 5. The molecule has 0 radical (unpaired) electrons. The number of aliphatic hydroxyl groups is 1. The third-order valence-electron chi connectivity index (χ3n) is 2.23. The first-order valence-corrected chi connectivity index (χ1v) is 5.13. The Hall–Kier alpha value is -1.62. The molecule has 1 heterocycles. The molecule has 5 nitrogen and oxygen atoms in total. The summed E-state index contributed by atoms with van der Waals surface area (Å²) in [5.41, 5.74) is 0.496. The molecule has 1 amide bonds. The second-order valence-corrected chi connectivity index (χ2v) is 3.20. The zero-order chi connectivity index (χ0) is 12.0. The minimum Gasteiger partial charge on any atom is -0.481 e. The van der Waals surface area contributed by atoms with Crippen LogP contribution in [0.5, 0.6) is 5.88 Å². The van der Waals surface area contributed by atoms with Crippen LogP contribution in [0.4, 0.5) is 0 Å². The first-order valence-electron chi connectivity index (χ1n) is 5.13. The number of methoxy groups -OCH3 is 1. The molecule has 1 aromatic heterocycles. The van der Waals surface area contributed by atoms with Crippen molar-refractivity contribution in [3.05, 3.63) is 23.9 Å². The van der Waals surface area contributed by atoms with Crippen LogP contribution in [0, 0.1) is 0 Å². The molecule has 1 N–H and O–H groups in total. The Bertz CT molecular complexity index is 338. The van der Waals surface area contributed by atoms with E-state index in [-0.39, 0.29) is 12.5 Å². The highest BCUT2D eigenvalue weighted by Crippen LogP contribution is 2.09. The lowest BCUT2D eigenvalue weighted by molar-refractivity contribution is 0.0731. The van der Waals surface area contributed by atoms with Crippen molar-refractivity contribution in [1.29, 1.82) is 0 Å². The van der Waals surface area contributed by atoms with Gasteiger partial charge in [0, 0.05) is 25.4 Å². The minimum atomic E-state index is -0.133. The van der Waals surface area contributed by atoms with Gasteiger partial charge in [-0.25, -0.2) is 4.98 Å². The van der Waals surface area contributed by atoms with Crippen molar-refractivity contribution in [2.45, 2.75) is 6.92 Å². The van der Waals surface area contributed by atoms with E-state index in [1.807, 2.05) is 6.92 Å². The summed E-state index contributed by atoms with van der Waals surface area (Å²) in [4.78, 5) is 17.4. The van der Waals surface area contributed by atoms with Gasteiger partial charge >= 0.3 is 0 Å². The lowest BCUT2D eigenvalue weighted by atomic mass is 10.2. The van der Waals surface area contributed by atoms with Gasteiger partial charge in [-0.2, -0.15) is 0 Å². The van der Waals surface area contributed by atoms with Crippen molar-refractivity contribution in [1.82, 2.24) is 9.88 Å². The van der Waals surface area contributed by atoms with E-state index in [4.69, 9.17) is 9.84 Å². The van der Waals surface area contributed by atoms with E-state index in [1.54, 1.807) is 17.0 Å². The van der Waals surface area contributed by atoms with Crippen LogP contribution in [0.2, 0.25) is 0 Å². The van der Waals surface area contributed by atoms with E-state index < -0.39 is 0 Å². The van der Waals surface area contributed by atoms with Crippen molar-refractivity contribution >= 4 is 5.91 Å². The Labute approximate surface area is 94.7 Å². The molecule has 0 aliphatic heterocycles. The zero-order valence-electron chi connectivity index (χ0n) is 9.51. The largest absolute Gasteiger partial charge is 0.481 e. The van der Waals surface area contributed by atoms with Crippen molar-refractivity contribution in [3.8, 4) is 5.88 Å². The highest BCUT2D eigenvalue weighted by molar-refractivity contribution is 5.93. The van der Waals surface area contributed by atoms with Gasteiger partial charge in [-0.15, -0.1) is 0 Å². The van der Waals surface area contributed by atoms with Crippen molar-refractivity contribution < 1.29 is 14.6 Å². The van der Waals surface area contributed by atoms with Gasteiger partial charge in [0.1, 0.15) is 0 Å². The molecule has 0 aromatic carbocycles. The van der Waals surface area contributed by atoms with Gasteiger partial charge in [-0.05, 0) is 13.0 Å². The van der Waals surface area contributed by atoms with Gasteiger partial charge in [0.2, 0.25) is 5.88 Å². The number of likely N-dealkylation sites (N-methyl/N-ethyl adjacent to an activating group) is 1. The fraction of sp³-hybridized carbons (Fsp3) is 0.455. The number of hydrogen-bond donors (Lipinski definition) is 1. The van der Waals surface area contributed by atoms with Crippen molar-refractivity contribution in [3.63, 3.8) is 0 Å². The van der Waals surface area contributed by atoms with Crippen LogP contribution in [0.1, 0.15) is 17.3 Å². The molecule has 5 heteroatoms. The summed E-state index contributed by atoms with van der Waals surface area (Å²) in [7, 11) is 1.52. The molecule has 16 heavy (non-hydrogen) atoms. The van der Waals surface area contributed by atoms with Crippen LogP contribution in [-0.2, 0) is 0 Å². The molecule has 88 valence electrons. The molecule has 0 aliphatic carbocycles. The first kappa shape index (κ1) is 12.4. The predicted molar refractivity (Wildman–Crippen MR) is 59.5 cm³/mol. The average molecular weight is 224 g/mol. The zero-order valence-corrected chi connectivity index (χ0v) is 9.51. The predicted octanol–water partition coefficient (Wildman–Crippen LogP) is 0.545. The standard InChI is InChI=1S/C11H16N2O3/c1-3-13(6-7-14)11(15)9-4-5-10(16-2)12-8-9/h4-5,8,14H,3,6-7H2,1-2H3. The number of hydrogen-bond acceptors (Lipinski definition) is 4. The fourth-order valence-corrected chi connectivity index (χ4v) is 1.33. The van der Waals surface area contributed by atoms with Gasteiger partial charge in [-0.1, -0.05) is 0 Å². The number of amides is 1. The Balaban J connectivity index is 2.78. The third kappa shape index (κ3) is 2.93. The molecule has 0 saturated heterocycles. The third-order valence-corrected chi connectivity index (χ3v) is 2.23. The van der Waals surface area contributed by atoms with Crippen LogP contribution in [0.15, 0.2) is 18.3 Å². The van der Waals surface area contributed by atoms with Crippen LogP contribution < -0.4 is 4.74 Å². The molecule has 0 spiro atoms. The number of pyridine rings is 1. The Morgan fingerprint density at radius 1 is 1.56 bits per heavy atom. The topological polar surface area (TPSA) is 62.7 Å². The molecule has 0 saturated carbocycles. The molecule has 1 aromatic rings. The Morgan fingerprint density at radius 2 is 2.31 bits per heavy atom. The molecule has 0 unspecified atom stereocenters. The lowest BCUT2D eigenvalue weighted by Crippen LogP contribution is -2.33. The van der Waals surface area contributed by atoms with E-state index in [0.29, 0.717) is 24.5 Å².